The zero-order valence-electron chi connectivity index (χ0n) is 11.6. The average Bonchev–Trinajstić information content (AvgIpc) is 2.56. The van der Waals surface area contributed by atoms with Crippen LogP contribution in [-0.4, -0.2) is 0 Å². The van der Waals surface area contributed by atoms with Crippen LogP contribution in [-0.2, 0) is 4.57 Å². The molecule has 0 saturated heterocycles. The Labute approximate surface area is 127 Å². The number of hydrogen-bond donors (Lipinski definition) is 0. The van der Waals surface area contributed by atoms with Crippen molar-refractivity contribution < 1.29 is 13.3 Å². The smallest absolute Gasteiger partial charge is 0.176 e. The molecule has 4 heteroatoms. The van der Waals surface area contributed by atoms with Gasteiger partial charge in [-0.05, 0) is 12.1 Å². The molecule has 0 aliphatic carbocycles. The summed E-state index contributed by atoms with van der Waals surface area (Å²) in [5.41, 5.74) is 0. The molecule has 0 aromatic heterocycles. The lowest BCUT2D eigenvalue weighted by Gasteiger charge is -2.20. The lowest BCUT2D eigenvalue weighted by atomic mass is 10.3. The summed E-state index contributed by atoms with van der Waals surface area (Å²) < 4.78 is 42.4. The maximum atomic E-state index is 14.3. The van der Waals surface area contributed by atoms with Gasteiger partial charge >= 0.3 is 0 Å². The number of hydrogen-bond acceptors (Lipinski definition) is 1. The van der Waals surface area contributed by atoms with Gasteiger partial charge in [0, 0.05) is 10.6 Å². The topological polar surface area (TPSA) is 17.1 Å². The van der Waals surface area contributed by atoms with Crippen LogP contribution < -0.4 is 15.9 Å². The lowest BCUT2D eigenvalue weighted by molar-refractivity contribution is 0.577. The van der Waals surface area contributed by atoms with Gasteiger partial charge in [0.25, 0.3) is 0 Å². The molecule has 0 saturated carbocycles. The number of halogens is 2. The monoisotopic (exact) mass is 314 g/mol. The molecule has 0 atom stereocenters. The van der Waals surface area contributed by atoms with Crippen LogP contribution in [0, 0.1) is 11.6 Å². The summed E-state index contributed by atoms with van der Waals surface area (Å²) in [6, 6.07) is 20.5. The summed E-state index contributed by atoms with van der Waals surface area (Å²) in [7, 11) is -3.60. The first kappa shape index (κ1) is 14.7. The first-order valence-electron chi connectivity index (χ1n) is 6.80. The molecule has 3 rings (SSSR count). The summed E-state index contributed by atoms with van der Waals surface area (Å²) >= 11 is 0. The van der Waals surface area contributed by atoms with E-state index in [4.69, 9.17) is 0 Å². The Bertz CT molecular complexity index is 768. The molecule has 0 aliphatic heterocycles. The average molecular weight is 314 g/mol. The van der Waals surface area contributed by atoms with Crippen molar-refractivity contribution >= 4 is 23.1 Å². The Morgan fingerprint density at radius 2 is 1.00 bits per heavy atom. The maximum absolute atomic E-state index is 14.3. The fourth-order valence-electron chi connectivity index (χ4n) is 2.47. The minimum absolute atomic E-state index is 0.368. The van der Waals surface area contributed by atoms with E-state index in [0.29, 0.717) is 10.6 Å². The van der Waals surface area contributed by atoms with Crippen LogP contribution in [0.2, 0.25) is 0 Å². The van der Waals surface area contributed by atoms with Crippen LogP contribution in [0.1, 0.15) is 0 Å². The normalized spacial score (nSPS) is 11.4. The van der Waals surface area contributed by atoms with E-state index in [-0.39, 0.29) is 5.30 Å². The third-order valence-corrected chi connectivity index (χ3v) is 6.60. The van der Waals surface area contributed by atoms with Crippen molar-refractivity contribution in [2.45, 2.75) is 0 Å². The van der Waals surface area contributed by atoms with Gasteiger partial charge < -0.3 is 4.57 Å². The van der Waals surface area contributed by atoms with Crippen molar-refractivity contribution in [2.24, 2.45) is 0 Å². The van der Waals surface area contributed by atoms with Gasteiger partial charge in [0.15, 0.2) is 7.14 Å². The molecular weight excluding hydrogens is 301 g/mol. The van der Waals surface area contributed by atoms with Gasteiger partial charge in [-0.3, -0.25) is 0 Å². The SMILES string of the molecule is O=P(c1ccccc1)(c1ccccc1)c1c(F)cccc1F. The van der Waals surface area contributed by atoms with Crippen LogP contribution in [0.25, 0.3) is 0 Å². The van der Waals surface area contributed by atoms with Crippen molar-refractivity contribution in [2.75, 3.05) is 0 Å². The zero-order chi connectivity index (χ0) is 15.6. The van der Waals surface area contributed by atoms with Gasteiger partial charge in [-0.15, -0.1) is 0 Å². The number of benzene rings is 3. The molecule has 1 nitrogen and oxygen atoms in total. The third kappa shape index (κ3) is 2.38. The minimum atomic E-state index is -3.60. The molecule has 0 bridgehead atoms. The fourth-order valence-corrected chi connectivity index (χ4v) is 5.22. The van der Waals surface area contributed by atoms with Crippen molar-refractivity contribution in [1.82, 2.24) is 0 Å². The molecular formula is C18H13F2OP. The van der Waals surface area contributed by atoms with Crippen molar-refractivity contribution in [3.63, 3.8) is 0 Å². The summed E-state index contributed by atoms with van der Waals surface area (Å²) in [6.07, 6.45) is 0. The van der Waals surface area contributed by atoms with Gasteiger partial charge in [0.05, 0.1) is 5.30 Å². The van der Waals surface area contributed by atoms with E-state index in [9.17, 15) is 13.3 Å². The molecule has 0 heterocycles. The van der Waals surface area contributed by atoms with Crippen LogP contribution in [0.5, 0.6) is 0 Å². The van der Waals surface area contributed by atoms with Gasteiger partial charge in [-0.25, -0.2) is 8.78 Å². The Kier molecular flexibility index (Phi) is 3.91. The van der Waals surface area contributed by atoms with Crippen molar-refractivity contribution in [3.8, 4) is 0 Å². The second-order valence-corrected chi connectivity index (χ2v) is 7.55. The van der Waals surface area contributed by atoms with E-state index < -0.39 is 18.8 Å². The van der Waals surface area contributed by atoms with Crippen LogP contribution >= 0.6 is 7.14 Å². The predicted molar refractivity (Wildman–Crippen MR) is 85.8 cm³/mol. The van der Waals surface area contributed by atoms with Crippen LogP contribution in [0.4, 0.5) is 8.78 Å². The molecule has 3 aromatic rings. The summed E-state index contributed by atoms with van der Waals surface area (Å²) in [5.74, 6) is -1.59. The van der Waals surface area contributed by atoms with E-state index >= 15 is 0 Å². The Balaban J connectivity index is 2.37. The highest BCUT2D eigenvalue weighted by atomic mass is 31.2. The fraction of sp³-hybridized carbons (Fsp3) is 0. The molecule has 110 valence electrons. The molecule has 0 radical (unpaired) electrons. The standard InChI is InChI=1S/C18H13F2OP/c19-16-12-7-13-17(20)18(16)22(21,14-8-3-1-4-9-14)15-10-5-2-6-11-15/h1-13H. The van der Waals surface area contributed by atoms with E-state index in [1.807, 2.05) is 0 Å². The summed E-state index contributed by atoms with van der Waals surface area (Å²) in [5, 5.41) is 0.447. The largest absolute Gasteiger partial charge is 0.308 e. The molecule has 0 N–H and O–H groups in total. The van der Waals surface area contributed by atoms with Crippen molar-refractivity contribution in [3.05, 3.63) is 90.5 Å². The summed E-state index contributed by atoms with van der Waals surface area (Å²) in [4.78, 5) is 0. The Morgan fingerprint density at radius 3 is 1.41 bits per heavy atom. The van der Waals surface area contributed by atoms with E-state index in [0.717, 1.165) is 12.1 Å². The molecule has 0 amide bonds. The second-order valence-electron chi connectivity index (χ2n) is 4.85. The predicted octanol–water partition coefficient (Wildman–Crippen LogP) is 3.60. The zero-order valence-corrected chi connectivity index (χ0v) is 12.5. The van der Waals surface area contributed by atoms with Gasteiger partial charge in [-0.2, -0.15) is 0 Å². The van der Waals surface area contributed by atoms with Crippen LogP contribution in [0.15, 0.2) is 78.9 Å². The Hall–Kier alpha value is -2.25. The van der Waals surface area contributed by atoms with Crippen LogP contribution in [0.3, 0.4) is 0 Å². The molecule has 0 fully saturated rings. The van der Waals surface area contributed by atoms with Gasteiger partial charge in [0.2, 0.25) is 0 Å². The summed E-state index contributed by atoms with van der Waals surface area (Å²) in [6.45, 7) is 0. The second kappa shape index (κ2) is 5.86. The van der Waals surface area contributed by atoms with E-state index in [1.54, 1.807) is 60.7 Å². The quantitative estimate of drug-likeness (QED) is 0.675. The highest BCUT2D eigenvalue weighted by Gasteiger charge is 2.34. The van der Waals surface area contributed by atoms with Gasteiger partial charge in [-0.1, -0.05) is 66.7 Å². The first-order chi connectivity index (χ1) is 10.6. The highest BCUT2D eigenvalue weighted by molar-refractivity contribution is 7.85. The molecule has 22 heavy (non-hydrogen) atoms. The molecule has 0 spiro atoms. The van der Waals surface area contributed by atoms with Crippen molar-refractivity contribution in [1.29, 1.82) is 0 Å². The van der Waals surface area contributed by atoms with Gasteiger partial charge in [0.1, 0.15) is 11.6 Å². The number of rotatable bonds is 3. The highest BCUT2D eigenvalue weighted by Crippen LogP contribution is 2.43. The Morgan fingerprint density at radius 1 is 0.591 bits per heavy atom. The van der Waals surface area contributed by atoms with E-state index in [1.165, 1.54) is 6.07 Å². The maximum Gasteiger partial charge on any atom is 0.176 e. The molecule has 0 aliphatic rings. The molecule has 3 aromatic carbocycles. The first-order valence-corrected chi connectivity index (χ1v) is 8.50. The molecule has 0 unspecified atom stereocenters. The third-order valence-electron chi connectivity index (χ3n) is 3.49. The van der Waals surface area contributed by atoms with E-state index in [2.05, 4.69) is 0 Å². The minimum Gasteiger partial charge on any atom is -0.308 e. The lowest BCUT2D eigenvalue weighted by Crippen LogP contribution is -2.29.